The molecule has 0 amide bonds. The van der Waals surface area contributed by atoms with Crippen molar-refractivity contribution in [2.75, 3.05) is 6.61 Å². The lowest BCUT2D eigenvalue weighted by molar-refractivity contribution is 0.276. The maximum Gasteiger partial charge on any atom is 0.148 e. The zero-order chi connectivity index (χ0) is 10.7. The summed E-state index contributed by atoms with van der Waals surface area (Å²) in [5.74, 6) is 0. The molecule has 3 nitrogen and oxygen atoms in total. The molecular weight excluding hydrogens is 282 g/mol. The molecule has 0 bridgehead atoms. The van der Waals surface area contributed by atoms with Gasteiger partial charge in [-0.15, -0.1) is 12.4 Å². The predicted octanol–water partition coefficient (Wildman–Crippen LogP) is 2.85. The van der Waals surface area contributed by atoms with Crippen LogP contribution in [0.5, 0.6) is 0 Å². The summed E-state index contributed by atoms with van der Waals surface area (Å²) >= 11 is 17.5. The van der Waals surface area contributed by atoms with E-state index in [4.69, 9.17) is 45.6 Å². The van der Waals surface area contributed by atoms with Crippen molar-refractivity contribution in [1.29, 1.82) is 0 Å². The zero-order valence-electron chi connectivity index (χ0n) is 7.58. The standard InChI is InChI=1S/C8H9Cl3N2O.ClH/c9-4-3-13-8(11)7(10)6(4)5(12)1-2-14;/h3,5,14H,1-2,12H2;1H/t5-;/m0./s1. The fraction of sp³-hybridized carbons (Fsp3) is 0.375. The van der Waals surface area contributed by atoms with E-state index >= 15 is 0 Å². The molecule has 0 fully saturated rings. The second-order valence-electron chi connectivity index (χ2n) is 2.74. The Hall–Kier alpha value is 0.230. The maximum atomic E-state index is 8.73. The number of hydrogen-bond donors (Lipinski definition) is 2. The molecule has 7 heteroatoms. The first-order chi connectivity index (χ1) is 6.57. The van der Waals surface area contributed by atoms with Gasteiger partial charge in [0, 0.05) is 24.4 Å². The van der Waals surface area contributed by atoms with E-state index < -0.39 is 6.04 Å². The molecule has 15 heavy (non-hydrogen) atoms. The summed E-state index contributed by atoms with van der Waals surface area (Å²) in [6, 6.07) is -0.430. The van der Waals surface area contributed by atoms with Crippen molar-refractivity contribution in [3.8, 4) is 0 Å². The lowest BCUT2D eigenvalue weighted by Crippen LogP contribution is -2.13. The Kier molecular flexibility index (Phi) is 6.84. The summed E-state index contributed by atoms with van der Waals surface area (Å²) in [7, 11) is 0. The van der Waals surface area contributed by atoms with Gasteiger partial charge in [-0.3, -0.25) is 0 Å². The summed E-state index contributed by atoms with van der Waals surface area (Å²) in [5, 5.41) is 9.51. The van der Waals surface area contributed by atoms with Gasteiger partial charge in [0.1, 0.15) is 5.15 Å². The van der Waals surface area contributed by atoms with Crippen LogP contribution in [0.2, 0.25) is 15.2 Å². The third-order valence-electron chi connectivity index (χ3n) is 1.78. The molecule has 0 spiro atoms. The van der Waals surface area contributed by atoms with Gasteiger partial charge in [0.2, 0.25) is 0 Å². The van der Waals surface area contributed by atoms with Gasteiger partial charge in [-0.1, -0.05) is 34.8 Å². The third-order valence-corrected chi connectivity index (χ3v) is 2.84. The average Bonchev–Trinajstić information content (AvgIpc) is 2.13. The molecule has 0 saturated heterocycles. The minimum Gasteiger partial charge on any atom is -0.396 e. The lowest BCUT2D eigenvalue weighted by Gasteiger charge is -2.14. The first-order valence-corrected chi connectivity index (χ1v) is 5.07. The molecule has 0 aromatic carbocycles. The van der Waals surface area contributed by atoms with Crippen LogP contribution in [0, 0.1) is 0 Å². The number of nitrogens with two attached hydrogens (primary N) is 1. The van der Waals surface area contributed by atoms with E-state index in [9.17, 15) is 0 Å². The summed E-state index contributed by atoms with van der Waals surface area (Å²) in [6.07, 6.45) is 1.77. The number of aliphatic hydroxyl groups is 1. The molecule has 1 aromatic rings. The van der Waals surface area contributed by atoms with Crippen LogP contribution in [0.25, 0.3) is 0 Å². The monoisotopic (exact) mass is 290 g/mol. The van der Waals surface area contributed by atoms with E-state index in [1.807, 2.05) is 0 Å². The Morgan fingerprint density at radius 1 is 1.40 bits per heavy atom. The molecule has 1 rings (SSSR count). The number of rotatable bonds is 3. The topological polar surface area (TPSA) is 59.1 Å². The second-order valence-corrected chi connectivity index (χ2v) is 3.89. The largest absolute Gasteiger partial charge is 0.396 e. The van der Waals surface area contributed by atoms with Crippen LogP contribution < -0.4 is 5.73 Å². The minimum absolute atomic E-state index is 0. The van der Waals surface area contributed by atoms with E-state index in [2.05, 4.69) is 4.98 Å². The third kappa shape index (κ3) is 3.63. The van der Waals surface area contributed by atoms with Crippen molar-refractivity contribution in [3.05, 3.63) is 27.0 Å². The van der Waals surface area contributed by atoms with Crippen molar-refractivity contribution < 1.29 is 5.11 Å². The van der Waals surface area contributed by atoms with Gasteiger partial charge in [0.05, 0.1) is 10.0 Å². The highest BCUT2D eigenvalue weighted by Gasteiger charge is 2.16. The van der Waals surface area contributed by atoms with Gasteiger partial charge in [0.15, 0.2) is 0 Å². The van der Waals surface area contributed by atoms with E-state index in [0.29, 0.717) is 17.0 Å². The van der Waals surface area contributed by atoms with Crippen molar-refractivity contribution in [3.63, 3.8) is 0 Å². The number of halogens is 4. The molecule has 1 heterocycles. The first kappa shape index (κ1) is 15.2. The highest BCUT2D eigenvalue weighted by molar-refractivity contribution is 6.43. The number of aromatic nitrogens is 1. The average molecular weight is 292 g/mol. The van der Waals surface area contributed by atoms with Gasteiger partial charge in [-0.05, 0) is 6.42 Å². The van der Waals surface area contributed by atoms with E-state index in [1.54, 1.807) is 0 Å². The van der Waals surface area contributed by atoms with Gasteiger partial charge in [-0.25, -0.2) is 4.98 Å². The van der Waals surface area contributed by atoms with Crippen LogP contribution in [0.4, 0.5) is 0 Å². The molecular formula is C8H10Cl4N2O. The smallest absolute Gasteiger partial charge is 0.148 e. The molecule has 86 valence electrons. The van der Waals surface area contributed by atoms with Gasteiger partial charge < -0.3 is 10.8 Å². The number of nitrogens with zero attached hydrogens (tertiary/aromatic N) is 1. The van der Waals surface area contributed by atoms with E-state index in [-0.39, 0.29) is 29.2 Å². The van der Waals surface area contributed by atoms with Crippen LogP contribution in [-0.2, 0) is 0 Å². The Balaban J connectivity index is 0.00000196. The van der Waals surface area contributed by atoms with Gasteiger partial charge in [-0.2, -0.15) is 0 Å². The Labute approximate surface area is 109 Å². The normalized spacial score (nSPS) is 12.1. The van der Waals surface area contributed by atoms with Gasteiger partial charge in [0.25, 0.3) is 0 Å². The Morgan fingerprint density at radius 3 is 2.53 bits per heavy atom. The predicted molar refractivity (Wildman–Crippen MR) is 65.1 cm³/mol. The summed E-state index contributed by atoms with van der Waals surface area (Å²) in [6.45, 7) is -0.0340. The highest BCUT2D eigenvalue weighted by Crippen LogP contribution is 2.33. The summed E-state index contributed by atoms with van der Waals surface area (Å²) < 4.78 is 0. The molecule has 3 N–H and O–H groups in total. The SMILES string of the molecule is Cl.N[C@@H](CCO)c1c(Cl)cnc(Cl)c1Cl. The van der Waals surface area contributed by atoms with E-state index in [0.717, 1.165) is 0 Å². The quantitative estimate of drug-likeness (QED) is 0.842. The molecule has 0 saturated carbocycles. The van der Waals surface area contributed by atoms with Crippen molar-refractivity contribution >= 4 is 47.2 Å². The van der Waals surface area contributed by atoms with Crippen LogP contribution in [0.1, 0.15) is 18.0 Å². The zero-order valence-corrected chi connectivity index (χ0v) is 10.7. The van der Waals surface area contributed by atoms with Crippen LogP contribution in [0.3, 0.4) is 0 Å². The lowest BCUT2D eigenvalue weighted by atomic mass is 10.1. The number of aliphatic hydroxyl groups excluding tert-OH is 1. The minimum atomic E-state index is -0.430. The van der Waals surface area contributed by atoms with Crippen LogP contribution in [0.15, 0.2) is 6.20 Å². The van der Waals surface area contributed by atoms with Crippen molar-refractivity contribution in [1.82, 2.24) is 4.98 Å². The first-order valence-electron chi connectivity index (χ1n) is 3.93. The summed E-state index contributed by atoms with van der Waals surface area (Å²) in [5.41, 5.74) is 6.29. The maximum absolute atomic E-state index is 8.73. The number of pyridine rings is 1. The van der Waals surface area contributed by atoms with Crippen molar-refractivity contribution in [2.24, 2.45) is 5.73 Å². The fourth-order valence-electron chi connectivity index (χ4n) is 1.08. The number of hydrogen-bond acceptors (Lipinski definition) is 3. The van der Waals surface area contributed by atoms with Crippen molar-refractivity contribution in [2.45, 2.75) is 12.5 Å². The Bertz CT molecular complexity index is 335. The highest BCUT2D eigenvalue weighted by atomic mass is 35.5. The molecule has 1 atom stereocenters. The molecule has 0 aliphatic rings. The van der Waals surface area contributed by atoms with E-state index in [1.165, 1.54) is 6.20 Å². The molecule has 0 unspecified atom stereocenters. The molecule has 0 aliphatic carbocycles. The second kappa shape index (κ2) is 6.74. The summed E-state index contributed by atoms with van der Waals surface area (Å²) in [4.78, 5) is 3.76. The molecule has 1 aromatic heterocycles. The molecule has 0 radical (unpaired) electrons. The van der Waals surface area contributed by atoms with Crippen LogP contribution in [-0.4, -0.2) is 16.7 Å². The van der Waals surface area contributed by atoms with Crippen LogP contribution >= 0.6 is 47.2 Å². The Morgan fingerprint density at radius 2 is 2.00 bits per heavy atom. The molecule has 0 aliphatic heterocycles. The van der Waals surface area contributed by atoms with Gasteiger partial charge >= 0.3 is 0 Å². The fourth-order valence-corrected chi connectivity index (χ4v) is 1.85.